The zero-order chi connectivity index (χ0) is 19.9. The fraction of sp³-hybridized carbons (Fsp3) is 0.217. The van der Waals surface area contributed by atoms with Gasteiger partial charge in [-0.1, -0.05) is 25.5 Å². The molecule has 0 atom stereocenters. The maximum absolute atomic E-state index is 10.4. The van der Waals surface area contributed by atoms with Crippen LogP contribution in [-0.4, -0.2) is 23.7 Å². The highest BCUT2D eigenvalue weighted by Crippen LogP contribution is 2.35. The monoisotopic (exact) mass is 373 g/mol. The molecule has 28 heavy (non-hydrogen) atoms. The van der Waals surface area contributed by atoms with Gasteiger partial charge in [-0.05, 0) is 60.0 Å². The number of benzene rings is 2. The maximum Gasteiger partial charge on any atom is 0.127 e. The Morgan fingerprint density at radius 1 is 1.07 bits per heavy atom. The second kappa shape index (κ2) is 8.92. The van der Waals surface area contributed by atoms with Crippen LogP contribution in [0.25, 0.3) is 22.4 Å². The lowest BCUT2D eigenvalue weighted by molar-refractivity contribution is 0.412. The number of pyridine rings is 1. The molecule has 2 N–H and O–H groups in total. The van der Waals surface area contributed by atoms with Gasteiger partial charge in [-0.25, -0.2) is 4.98 Å². The quantitative estimate of drug-likeness (QED) is 0.556. The van der Waals surface area contributed by atoms with Crippen molar-refractivity contribution in [2.75, 3.05) is 19.0 Å². The summed E-state index contributed by atoms with van der Waals surface area (Å²) in [6.45, 7) is 2.96. The molecule has 3 rings (SSSR count). The Kier molecular flexibility index (Phi) is 6.13. The van der Waals surface area contributed by atoms with Crippen molar-refractivity contribution in [1.82, 2.24) is 4.98 Å². The van der Waals surface area contributed by atoms with E-state index in [9.17, 15) is 5.11 Å². The number of aromatic nitrogens is 1. The summed E-state index contributed by atoms with van der Waals surface area (Å²) in [5.41, 5.74) is 3.80. The molecule has 2 aromatic carbocycles. The molecule has 1 aromatic heterocycles. The molecule has 0 fully saturated rings. The van der Waals surface area contributed by atoms with E-state index in [1.165, 1.54) is 0 Å². The Labute approximate surface area is 165 Å². The fourth-order valence-corrected chi connectivity index (χ4v) is 2.90. The van der Waals surface area contributed by atoms with Crippen molar-refractivity contribution in [3.05, 3.63) is 60.2 Å². The molecule has 5 heteroatoms. The molecule has 0 radical (unpaired) electrons. The Balaban J connectivity index is 2.08. The largest absolute Gasteiger partial charge is 0.507 e. The number of hydrogen-bond donors (Lipinski definition) is 2. The molecule has 0 unspecified atom stereocenters. The van der Waals surface area contributed by atoms with Gasteiger partial charge in [0.2, 0.25) is 0 Å². The van der Waals surface area contributed by atoms with Gasteiger partial charge in [0.1, 0.15) is 17.3 Å². The van der Waals surface area contributed by atoms with Gasteiger partial charge < -0.3 is 15.2 Å². The molecule has 5 nitrogen and oxygen atoms in total. The minimum Gasteiger partial charge on any atom is -0.507 e. The highest BCUT2D eigenvalue weighted by molar-refractivity contribution is 5.77. The SMILES string of the molecule is CCCCNc1cc(-c2ccc(C#N)cc2)cc(-c2cc(OC)ccc2O)n1. The Bertz CT molecular complexity index is 992. The first-order chi connectivity index (χ1) is 13.6. The molecule has 0 aliphatic heterocycles. The van der Waals surface area contributed by atoms with Gasteiger partial charge in [-0.15, -0.1) is 0 Å². The van der Waals surface area contributed by atoms with Crippen LogP contribution < -0.4 is 10.1 Å². The van der Waals surface area contributed by atoms with E-state index in [0.29, 0.717) is 22.6 Å². The van der Waals surface area contributed by atoms with E-state index in [2.05, 4.69) is 18.3 Å². The van der Waals surface area contributed by atoms with E-state index in [0.717, 1.165) is 36.3 Å². The molecule has 0 spiro atoms. The zero-order valence-corrected chi connectivity index (χ0v) is 16.1. The number of nitrogens with one attached hydrogen (secondary N) is 1. The number of nitriles is 1. The summed E-state index contributed by atoms with van der Waals surface area (Å²) in [5.74, 6) is 1.54. The first-order valence-electron chi connectivity index (χ1n) is 9.28. The number of rotatable bonds is 7. The normalized spacial score (nSPS) is 10.3. The van der Waals surface area contributed by atoms with Crippen molar-refractivity contribution in [3.63, 3.8) is 0 Å². The number of methoxy groups -OCH3 is 1. The molecular formula is C23H23N3O2. The summed E-state index contributed by atoms with van der Waals surface area (Å²) in [6.07, 6.45) is 2.13. The van der Waals surface area contributed by atoms with Crippen LogP contribution in [0.4, 0.5) is 5.82 Å². The van der Waals surface area contributed by atoms with E-state index in [4.69, 9.17) is 15.0 Å². The average Bonchev–Trinajstić information content (AvgIpc) is 2.74. The number of hydrogen-bond acceptors (Lipinski definition) is 5. The predicted octanol–water partition coefficient (Wildman–Crippen LogP) is 5.21. The van der Waals surface area contributed by atoms with Crippen LogP contribution in [0.1, 0.15) is 25.3 Å². The summed E-state index contributed by atoms with van der Waals surface area (Å²) in [6, 6.07) is 18.6. The molecule has 0 amide bonds. The van der Waals surface area contributed by atoms with Crippen molar-refractivity contribution < 1.29 is 9.84 Å². The topological polar surface area (TPSA) is 78.2 Å². The lowest BCUT2D eigenvalue weighted by Crippen LogP contribution is -2.04. The van der Waals surface area contributed by atoms with Gasteiger partial charge in [-0.3, -0.25) is 0 Å². The Morgan fingerprint density at radius 3 is 2.54 bits per heavy atom. The van der Waals surface area contributed by atoms with E-state index in [1.54, 1.807) is 37.4 Å². The third kappa shape index (κ3) is 4.41. The number of aromatic hydroxyl groups is 1. The second-order valence-electron chi connectivity index (χ2n) is 6.48. The van der Waals surface area contributed by atoms with Crippen molar-refractivity contribution in [2.45, 2.75) is 19.8 Å². The third-order valence-electron chi connectivity index (χ3n) is 4.49. The van der Waals surface area contributed by atoms with Crippen molar-refractivity contribution in [1.29, 1.82) is 5.26 Å². The molecular weight excluding hydrogens is 350 g/mol. The van der Waals surface area contributed by atoms with Gasteiger partial charge >= 0.3 is 0 Å². The van der Waals surface area contributed by atoms with Crippen LogP contribution in [0.3, 0.4) is 0 Å². The predicted molar refractivity (Wildman–Crippen MR) is 111 cm³/mol. The number of ether oxygens (including phenoxy) is 1. The minimum absolute atomic E-state index is 0.143. The van der Waals surface area contributed by atoms with Crippen LogP contribution in [0.15, 0.2) is 54.6 Å². The molecule has 0 saturated carbocycles. The summed E-state index contributed by atoms with van der Waals surface area (Å²) >= 11 is 0. The summed E-state index contributed by atoms with van der Waals surface area (Å²) in [7, 11) is 1.59. The summed E-state index contributed by atoms with van der Waals surface area (Å²) in [5, 5.41) is 22.8. The van der Waals surface area contributed by atoms with Crippen LogP contribution in [0.2, 0.25) is 0 Å². The number of anilines is 1. The molecule has 0 bridgehead atoms. The number of nitrogens with zero attached hydrogens (tertiary/aromatic N) is 2. The Morgan fingerprint density at radius 2 is 1.86 bits per heavy atom. The van der Waals surface area contributed by atoms with Gasteiger partial charge in [0.05, 0.1) is 24.4 Å². The fourth-order valence-electron chi connectivity index (χ4n) is 2.90. The molecule has 142 valence electrons. The van der Waals surface area contributed by atoms with E-state index in [1.807, 2.05) is 24.3 Å². The smallest absolute Gasteiger partial charge is 0.127 e. The number of phenols is 1. The first-order valence-corrected chi connectivity index (χ1v) is 9.28. The molecule has 3 aromatic rings. The second-order valence-corrected chi connectivity index (χ2v) is 6.48. The first kappa shape index (κ1) is 19.2. The van der Waals surface area contributed by atoms with Crippen molar-refractivity contribution >= 4 is 5.82 Å². The molecule has 0 aliphatic rings. The molecule has 0 saturated heterocycles. The summed E-state index contributed by atoms with van der Waals surface area (Å²) in [4.78, 5) is 4.69. The lowest BCUT2D eigenvalue weighted by Gasteiger charge is -2.13. The van der Waals surface area contributed by atoms with Gasteiger partial charge in [-0.2, -0.15) is 5.26 Å². The van der Waals surface area contributed by atoms with E-state index in [-0.39, 0.29) is 5.75 Å². The van der Waals surface area contributed by atoms with Crippen LogP contribution >= 0.6 is 0 Å². The number of unbranched alkanes of at least 4 members (excludes halogenated alkanes) is 1. The number of phenolic OH excluding ortho intramolecular Hbond substituents is 1. The minimum atomic E-state index is 0.143. The molecule has 1 heterocycles. The highest BCUT2D eigenvalue weighted by atomic mass is 16.5. The summed E-state index contributed by atoms with van der Waals surface area (Å²) < 4.78 is 5.30. The van der Waals surface area contributed by atoms with Crippen LogP contribution in [-0.2, 0) is 0 Å². The highest BCUT2D eigenvalue weighted by Gasteiger charge is 2.12. The van der Waals surface area contributed by atoms with Gasteiger partial charge in [0.15, 0.2) is 0 Å². The Hall–Kier alpha value is -3.52. The standard InChI is InChI=1S/C23H23N3O2/c1-3-4-11-25-23-13-18(17-7-5-16(15-24)6-8-17)12-21(26-23)20-14-19(28-2)9-10-22(20)27/h5-10,12-14,27H,3-4,11H2,1-2H3,(H,25,26). The van der Waals surface area contributed by atoms with Crippen LogP contribution in [0, 0.1) is 11.3 Å². The molecule has 0 aliphatic carbocycles. The third-order valence-corrected chi connectivity index (χ3v) is 4.49. The lowest BCUT2D eigenvalue weighted by atomic mass is 10.0. The maximum atomic E-state index is 10.4. The van der Waals surface area contributed by atoms with E-state index < -0.39 is 0 Å². The van der Waals surface area contributed by atoms with Gasteiger partial charge in [0, 0.05) is 12.1 Å². The van der Waals surface area contributed by atoms with Gasteiger partial charge in [0.25, 0.3) is 0 Å². The van der Waals surface area contributed by atoms with Crippen LogP contribution in [0.5, 0.6) is 11.5 Å². The van der Waals surface area contributed by atoms with Crippen molar-refractivity contribution in [2.24, 2.45) is 0 Å². The zero-order valence-electron chi connectivity index (χ0n) is 16.1. The van der Waals surface area contributed by atoms with Crippen molar-refractivity contribution in [3.8, 4) is 40.0 Å². The average molecular weight is 373 g/mol. The van der Waals surface area contributed by atoms with E-state index >= 15 is 0 Å².